The molecule has 0 fully saturated rings. The maximum Gasteiger partial charge on any atom is 0.317 e. The fourth-order valence-corrected chi connectivity index (χ4v) is 3.30. The molecule has 0 saturated carbocycles. The summed E-state index contributed by atoms with van der Waals surface area (Å²) in [6, 6.07) is 9.90. The first-order valence-corrected chi connectivity index (χ1v) is 8.79. The van der Waals surface area contributed by atoms with Crippen molar-refractivity contribution < 1.29 is 19.1 Å². The number of hydrogen-bond acceptors (Lipinski definition) is 3. The minimum Gasteiger partial charge on any atom is -0.481 e. The maximum atomic E-state index is 13.4. The van der Waals surface area contributed by atoms with Gasteiger partial charge in [-0.05, 0) is 43.7 Å². The van der Waals surface area contributed by atoms with Crippen LogP contribution in [-0.2, 0) is 11.3 Å². The maximum absolute atomic E-state index is 13.4. The van der Waals surface area contributed by atoms with Crippen LogP contribution in [0.3, 0.4) is 0 Å². The average Bonchev–Trinajstić information content (AvgIpc) is 3.00. The van der Waals surface area contributed by atoms with Crippen molar-refractivity contribution in [2.75, 3.05) is 6.54 Å². The highest BCUT2D eigenvalue weighted by atomic mass is 32.1. The van der Waals surface area contributed by atoms with Gasteiger partial charge in [0.2, 0.25) is 0 Å². The van der Waals surface area contributed by atoms with Crippen LogP contribution in [0.1, 0.15) is 25.1 Å². The molecule has 7 heteroatoms. The molecule has 0 radical (unpaired) electrons. The molecule has 0 atom stereocenters. The Kier molecular flexibility index (Phi) is 6.52. The van der Waals surface area contributed by atoms with Crippen LogP contribution in [0.4, 0.5) is 9.18 Å². The van der Waals surface area contributed by atoms with Crippen LogP contribution in [0.15, 0.2) is 36.4 Å². The first-order valence-electron chi connectivity index (χ1n) is 7.97. The molecular formula is C18H21FN2O3S. The van der Waals surface area contributed by atoms with Crippen molar-refractivity contribution in [3.63, 3.8) is 0 Å². The van der Waals surface area contributed by atoms with Crippen molar-refractivity contribution in [2.24, 2.45) is 0 Å². The summed E-state index contributed by atoms with van der Waals surface area (Å²) in [7, 11) is 0. The zero-order chi connectivity index (χ0) is 18.4. The predicted molar refractivity (Wildman–Crippen MR) is 96.0 cm³/mol. The lowest BCUT2D eigenvalue weighted by atomic mass is 10.2. The lowest BCUT2D eigenvalue weighted by molar-refractivity contribution is -0.136. The fraction of sp³-hybridized carbons (Fsp3) is 0.333. The monoisotopic (exact) mass is 364 g/mol. The second-order valence-electron chi connectivity index (χ2n) is 5.87. The van der Waals surface area contributed by atoms with Gasteiger partial charge < -0.3 is 15.3 Å². The van der Waals surface area contributed by atoms with Gasteiger partial charge in [0.1, 0.15) is 5.82 Å². The highest BCUT2D eigenvalue weighted by Crippen LogP contribution is 2.29. The quantitative estimate of drug-likeness (QED) is 0.782. The molecule has 2 N–H and O–H groups in total. The molecule has 25 heavy (non-hydrogen) atoms. The summed E-state index contributed by atoms with van der Waals surface area (Å²) < 4.78 is 13.4. The van der Waals surface area contributed by atoms with E-state index in [2.05, 4.69) is 5.32 Å². The van der Waals surface area contributed by atoms with Crippen molar-refractivity contribution in [1.29, 1.82) is 0 Å². The third kappa shape index (κ3) is 5.56. The first-order chi connectivity index (χ1) is 11.9. The lowest BCUT2D eigenvalue weighted by Gasteiger charge is -2.26. The number of carboxylic acids is 1. The van der Waals surface area contributed by atoms with Crippen molar-refractivity contribution >= 4 is 23.3 Å². The van der Waals surface area contributed by atoms with Crippen LogP contribution in [-0.4, -0.2) is 34.6 Å². The number of nitrogens with zero attached hydrogens (tertiary/aromatic N) is 1. The molecule has 2 rings (SSSR count). The van der Waals surface area contributed by atoms with Gasteiger partial charge in [-0.15, -0.1) is 11.3 Å². The third-order valence-corrected chi connectivity index (χ3v) is 4.72. The van der Waals surface area contributed by atoms with E-state index >= 15 is 0 Å². The number of aliphatic carboxylic acids is 1. The predicted octanol–water partition coefficient (Wildman–Crippen LogP) is 3.95. The van der Waals surface area contributed by atoms with Crippen molar-refractivity contribution in [2.45, 2.75) is 32.9 Å². The molecule has 134 valence electrons. The number of nitrogens with one attached hydrogen (secondary N) is 1. The molecule has 1 heterocycles. The van der Waals surface area contributed by atoms with E-state index in [1.54, 1.807) is 11.0 Å². The summed E-state index contributed by atoms with van der Waals surface area (Å²) in [6.07, 6.45) is -0.111. The number of thiophene rings is 1. The molecule has 5 nitrogen and oxygen atoms in total. The van der Waals surface area contributed by atoms with E-state index in [-0.39, 0.29) is 30.9 Å². The van der Waals surface area contributed by atoms with Crippen LogP contribution in [0.25, 0.3) is 10.4 Å². The first kappa shape index (κ1) is 18.9. The summed E-state index contributed by atoms with van der Waals surface area (Å²) >= 11 is 1.50. The van der Waals surface area contributed by atoms with E-state index in [1.807, 2.05) is 32.0 Å². The van der Waals surface area contributed by atoms with Gasteiger partial charge in [0.25, 0.3) is 0 Å². The summed E-state index contributed by atoms with van der Waals surface area (Å²) in [5.74, 6) is -1.23. The van der Waals surface area contributed by atoms with Crippen LogP contribution < -0.4 is 5.32 Å². The van der Waals surface area contributed by atoms with Gasteiger partial charge in [-0.25, -0.2) is 9.18 Å². The third-order valence-electron chi connectivity index (χ3n) is 3.60. The Morgan fingerprint density at radius 2 is 2.04 bits per heavy atom. The number of rotatable bonds is 7. The number of benzene rings is 1. The highest BCUT2D eigenvalue weighted by molar-refractivity contribution is 7.15. The number of urea groups is 1. The molecule has 1 aromatic carbocycles. The minimum atomic E-state index is -0.950. The molecule has 0 aliphatic carbocycles. The Bertz CT molecular complexity index is 745. The fourth-order valence-electron chi connectivity index (χ4n) is 2.29. The SMILES string of the molecule is CC(C)N(Cc1ccc(-c2cccc(F)c2)s1)C(=O)NCCC(=O)O. The second kappa shape index (κ2) is 8.62. The molecule has 0 unspecified atom stereocenters. The minimum absolute atomic E-state index is 0.0375. The number of carboxylic acid groups (broad SMARTS) is 1. The molecule has 2 amide bonds. The van der Waals surface area contributed by atoms with Gasteiger partial charge in [0.05, 0.1) is 13.0 Å². The van der Waals surface area contributed by atoms with E-state index in [0.717, 1.165) is 15.3 Å². The van der Waals surface area contributed by atoms with E-state index in [1.165, 1.54) is 23.5 Å². The summed E-state index contributed by atoms with van der Waals surface area (Å²) in [5, 5.41) is 11.3. The number of amides is 2. The summed E-state index contributed by atoms with van der Waals surface area (Å²) in [5.41, 5.74) is 0.804. The van der Waals surface area contributed by atoms with Crippen LogP contribution in [0, 0.1) is 5.82 Å². The number of carbonyl (C=O) groups is 2. The molecule has 0 aliphatic rings. The normalized spacial score (nSPS) is 10.7. The topological polar surface area (TPSA) is 69.6 Å². The number of hydrogen-bond donors (Lipinski definition) is 2. The Morgan fingerprint density at radius 1 is 1.28 bits per heavy atom. The zero-order valence-corrected chi connectivity index (χ0v) is 15.0. The Hall–Kier alpha value is -2.41. The second-order valence-corrected chi connectivity index (χ2v) is 7.04. The molecule has 2 aromatic rings. The van der Waals surface area contributed by atoms with Gasteiger partial charge in [0.15, 0.2) is 0 Å². The van der Waals surface area contributed by atoms with Gasteiger partial charge in [-0.2, -0.15) is 0 Å². The Balaban J connectivity index is 2.05. The van der Waals surface area contributed by atoms with Gasteiger partial charge in [-0.1, -0.05) is 12.1 Å². The van der Waals surface area contributed by atoms with Crippen molar-refractivity contribution in [3.8, 4) is 10.4 Å². The van der Waals surface area contributed by atoms with Crippen molar-refractivity contribution in [1.82, 2.24) is 10.2 Å². The molecule has 0 spiro atoms. The van der Waals surface area contributed by atoms with E-state index in [0.29, 0.717) is 6.54 Å². The largest absolute Gasteiger partial charge is 0.481 e. The summed E-state index contributed by atoms with van der Waals surface area (Å²) in [6.45, 7) is 4.31. The molecule has 0 bridgehead atoms. The van der Waals surface area contributed by atoms with Gasteiger partial charge >= 0.3 is 12.0 Å². The highest BCUT2D eigenvalue weighted by Gasteiger charge is 2.18. The van der Waals surface area contributed by atoms with Crippen LogP contribution >= 0.6 is 11.3 Å². The Morgan fingerprint density at radius 3 is 2.68 bits per heavy atom. The molecule has 0 aliphatic heterocycles. The van der Waals surface area contributed by atoms with E-state index in [9.17, 15) is 14.0 Å². The van der Waals surface area contributed by atoms with E-state index < -0.39 is 5.97 Å². The average molecular weight is 364 g/mol. The zero-order valence-electron chi connectivity index (χ0n) is 14.2. The standard InChI is InChI=1S/C18H21FN2O3S/c1-12(2)21(18(24)20-9-8-17(22)23)11-15-6-7-16(25-15)13-4-3-5-14(19)10-13/h3-7,10,12H,8-9,11H2,1-2H3,(H,20,24)(H,22,23). The van der Waals surface area contributed by atoms with Crippen LogP contribution in [0.2, 0.25) is 0 Å². The number of halogens is 1. The van der Waals surface area contributed by atoms with Crippen LogP contribution in [0.5, 0.6) is 0 Å². The van der Waals surface area contributed by atoms with Gasteiger partial charge in [0, 0.05) is 22.3 Å². The van der Waals surface area contributed by atoms with Crippen molar-refractivity contribution in [3.05, 3.63) is 47.1 Å². The lowest BCUT2D eigenvalue weighted by Crippen LogP contribution is -2.43. The molecular weight excluding hydrogens is 343 g/mol. The smallest absolute Gasteiger partial charge is 0.317 e. The molecule has 1 aromatic heterocycles. The van der Waals surface area contributed by atoms with E-state index in [4.69, 9.17) is 5.11 Å². The Labute approximate surface area is 150 Å². The number of carbonyl (C=O) groups excluding carboxylic acids is 1. The molecule has 0 saturated heterocycles. The summed E-state index contributed by atoms with van der Waals surface area (Å²) in [4.78, 5) is 26.4. The van der Waals surface area contributed by atoms with Gasteiger partial charge in [-0.3, -0.25) is 4.79 Å².